The number of hydrogen-bond donors (Lipinski definition) is 3. The largest absolute Gasteiger partial charge is 0.478 e. The summed E-state index contributed by atoms with van der Waals surface area (Å²) in [7, 11) is 0. The van der Waals surface area contributed by atoms with Crippen molar-refractivity contribution in [1.82, 2.24) is 4.98 Å². The van der Waals surface area contributed by atoms with Crippen LogP contribution in [0.3, 0.4) is 0 Å². The highest BCUT2D eigenvalue weighted by Crippen LogP contribution is 2.29. The Morgan fingerprint density at radius 1 is 1.47 bits per heavy atom. The fourth-order valence-corrected chi connectivity index (χ4v) is 2.38. The van der Waals surface area contributed by atoms with Crippen molar-refractivity contribution in [2.75, 3.05) is 23.7 Å². The number of carbonyl (C=O) groups is 1. The van der Waals surface area contributed by atoms with E-state index in [1.807, 2.05) is 11.8 Å². The van der Waals surface area contributed by atoms with Crippen LogP contribution < -0.4 is 10.6 Å². The Balaban J connectivity index is 2.27. The smallest absolute Gasteiger partial charge is 0.337 e. The van der Waals surface area contributed by atoms with Gasteiger partial charge in [0.2, 0.25) is 0 Å². The minimum atomic E-state index is -1.05. The normalized spacial score (nSPS) is 24.0. The van der Waals surface area contributed by atoms with Crippen LogP contribution in [-0.2, 0) is 0 Å². The van der Waals surface area contributed by atoms with E-state index in [0.717, 1.165) is 19.4 Å². The van der Waals surface area contributed by atoms with Gasteiger partial charge in [-0.05, 0) is 32.3 Å². The fraction of sp³-hybridized carbons (Fsp3) is 0.538. The zero-order chi connectivity index (χ0) is 14.0. The summed E-state index contributed by atoms with van der Waals surface area (Å²) in [6, 6.07) is 1.40. The lowest BCUT2D eigenvalue weighted by molar-refractivity contribution is 0.0481. The van der Waals surface area contributed by atoms with E-state index < -0.39 is 11.6 Å². The molecular formula is C13H19N3O3. The van der Waals surface area contributed by atoms with Gasteiger partial charge in [-0.3, -0.25) is 0 Å². The molecule has 1 fully saturated rings. The Kier molecular flexibility index (Phi) is 3.61. The lowest BCUT2D eigenvalue weighted by Gasteiger charge is -2.24. The molecule has 1 aliphatic heterocycles. The van der Waals surface area contributed by atoms with Crippen LogP contribution in [-0.4, -0.2) is 39.9 Å². The molecule has 0 aromatic carbocycles. The Morgan fingerprint density at radius 2 is 2.21 bits per heavy atom. The summed E-state index contributed by atoms with van der Waals surface area (Å²) in [4.78, 5) is 17.2. The molecule has 0 radical (unpaired) electrons. The SMILES string of the molecule is CC1(O)CCCN(c2nccc(C(=O)O)c2N)CC1. The number of aromatic nitrogens is 1. The van der Waals surface area contributed by atoms with E-state index in [9.17, 15) is 9.90 Å². The zero-order valence-corrected chi connectivity index (χ0v) is 11.0. The number of carboxylic acid groups (broad SMARTS) is 1. The molecule has 1 saturated heterocycles. The second-order valence-electron chi connectivity index (χ2n) is 5.24. The molecule has 0 spiro atoms. The molecule has 1 atom stereocenters. The average Bonchev–Trinajstić information content (AvgIpc) is 2.50. The van der Waals surface area contributed by atoms with E-state index in [1.54, 1.807) is 0 Å². The number of nitrogens with zero attached hydrogens (tertiary/aromatic N) is 2. The number of pyridine rings is 1. The van der Waals surface area contributed by atoms with Gasteiger partial charge in [0, 0.05) is 19.3 Å². The Morgan fingerprint density at radius 3 is 2.89 bits per heavy atom. The van der Waals surface area contributed by atoms with E-state index >= 15 is 0 Å². The molecule has 6 heteroatoms. The number of carboxylic acids is 1. The summed E-state index contributed by atoms with van der Waals surface area (Å²) in [6.45, 7) is 3.16. The molecule has 1 aromatic rings. The van der Waals surface area contributed by atoms with Crippen molar-refractivity contribution in [3.63, 3.8) is 0 Å². The molecule has 1 unspecified atom stereocenters. The monoisotopic (exact) mass is 265 g/mol. The van der Waals surface area contributed by atoms with Crippen LogP contribution in [0.4, 0.5) is 11.5 Å². The number of nitrogen functional groups attached to an aromatic ring is 1. The number of nitrogens with two attached hydrogens (primary N) is 1. The second kappa shape index (κ2) is 5.05. The predicted octanol–water partition coefficient (Wildman–Crippen LogP) is 1.10. The van der Waals surface area contributed by atoms with Crippen molar-refractivity contribution < 1.29 is 15.0 Å². The van der Waals surface area contributed by atoms with E-state index in [0.29, 0.717) is 18.8 Å². The van der Waals surface area contributed by atoms with Crippen LogP contribution in [0, 0.1) is 0 Å². The first-order chi connectivity index (χ1) is 8.91. The third-order valence-electron chi connectivity index (χ3n) is 3.56. The summed E-state index contributed by atoms with van der Waals surface area (Å²) < 4.78 is 0. The highest BCUT2D eigenvalue weighted by Gasteiger charge is 2.27. The van der Waals surface area contributed by atoms with Gasteiger partial charge in [-0.15, -0.1) is 0 Å². The van der Waals surface area contributed by atoms with Crippen molar-refractivity contribution in [3.05, 3.63) is 17.8 Å². The minimum Gasteiger partial charge on any atom is -0.478 e. The topological polar surface area (TPSA) is 99.7 Å². The first-order valence-corrected chi connectivity index (χ1v) is 6.36. The molecule has 1 aliphatic rings. The third kappa shape index (κ3) is 2.96. The maximum absolute atomic E-state index is 11.1. The second-order valence-corrected chi connectivity index (χ2v) is 5.24. The van der Waals surface area contributed by atoms with Crippen molar-refractivity contribution in [2.45, 2.75) is 31.8 Å². The molecule has 104 valence electrons. The Hall–Kier alpha value is -1.82. The van der Waals surface area contributed by atoms with Crippen molar-refractivity contribution in [2.24, 2.45) is 0 Å². The van der Waals surface area contributed by atoms with Gasteiger partial charge >= 0.3 is 5.97 Å². The van der Waals surface area contributed by atoms with Crippen molar-refractivity contribution >= 4 is 17.5 Å². The van der Waals surface area contributed by atoms with Crippen LogP contribution in [0.15, 0.2) is 12.3 Å². The van der Waals surface area contributed by atoms with Gasteiger partial charge in [-0.25, -0.2) is 9.78 Å². The average molecular weight is 265 g/mol. The molecule has 2 heterocycles. The summed E-state index contributed by atoms with van der Waals surface area (Å²) >= 11 is 0. The van der Waals surface area contributed by atoms with Gasteiger partial charge in [0.25, 0.3) is 0 Å². The van der Waals surface area contributed by atoms with Crippen LogP contribution in [0.5, 0.6) is 0 Å². The summed E-state index contributed by atoms with van der Waals surface area (Å²) in [5.74, 6) is -0.555. The molecule has 1 aromatic heterocycles. The maximum Gasteiger partial charge on any atom is 0.337 e. The summed E-state index contributed by atoms with van der Waals surface area (Å²) in [5.41, 5.74) is 5.48. The Bertz CT molecular complexity index is 488. The summed E-state index contributed by atoms with van der Waals surface area (Å²) in [5, 5.41) is 19.1. The van der Waals surface area contributed by atoms with Crippen molar-refractivity contribution in [3.8, 4) is 0 Å². The fourth-order valence-electron chi connectivity index (χ4n) is 2.38. The van der Waals surface area contributed by atoms with Gasteiger partial charge in [0.15, 0.2) is 5.82 Å². The standard InChI is InChI=1S/C13H19N3O3/c1-13(19)4-2-7-16(8-5-13)11-10(14)9(12(17)18)3-6-15-11/h3,6,19H,2,4-5,7-8,14H2,1H3,(H,17,18). The van der Waals surface area contributed by atoms with E-state index in [2.05, 4.69) is 4.98 Å². The number of aliphatic hydroxyl groups is 1. The third-order valence-corrected chi connectivity index (χ3v) is 3.56. The van der Waals surface area contributed by atoms with Crippen LogP contribution in [0.2, 0.25) is 0 Å². The Labute approximate surface area is 111 Å². The first kappa shape index (κ1) is 13.6. The number of aromatic carboxylic acids is 1. The van der Waals surface area contributed by atoms with Crippen LogP contribution in [0.1, 0.15) is 36.5 Å². The molecule has 0 bridgehead atoms. The van der Waals surface area contributed by atoms with Gasteiger partial charge in [-0.1, -0.05) is 0 Å². The van der Waals surface area contributed by atoms with Crippen LogP contribution in [0.25, 0.3) is 0 Å². The molecular weight excluding hydrogens is 246 g/mol. The van der Waals surface area contributed by atoms with Gasteiger partial charge in [0.05, 0.1) is 16.9 Å². The number of anilines is 2. The minimum absolute atomic E-state index is 0.0704. The van der Waals surface area contributed by atoms with E-state index in [4.69, 9.17) is 10.8 Å². The first-order valence-electron chi connectivity index (χ1n) is 6.36. The van der Waals surface area contributed by atoms with Gasteiger partial charge in [-0.2, -0.15) is 0 Å². The number of hydrogen-bond acceptors (Lipinski definition) is 5. The predicted molar refractivity (Wildman–Crippen MR) is 72.3 cm³/mol. The van der Waals surface area contributed by atoms with Crippen molar-refractivity contribution in [1.29, 1.82) is 0 Å². The van der Waals surface area contributed by atoms with E-state index in [1.165, 1.54) is 12.3 Å². The molecule has 0 amide bonds. The quantitative estimate of drug-likeness (QED) is 0.740. The lowest BCUT2D eigenvalue weighted by atomic mass is 9.98. The molecule has 0 saturated carbocycles. The molecule has 19 heavy (non-hydrogen) atoms. The van der Waals surface area contributed by atoms with E-state index in [-0.39, 0.29) is 11.3 Å². The number of rotatable bonds is 2. The summed E-state index contributed by atoms with van der Waals surface area (Å²) in [6.07, 6.45) is 3.62. The lowest BCUT2D eigenvalue weighted by Crippen LogP contribution is -2.29. The highest BCUT2D eigenvalue weighted by molar-refractivity contribution is 5.96. The molecule has 0 aliphatic carbocycles. The zero-order valence-electron chi connectivity index (χ0n) is 11.0. The van der Waals surface area contributed by atoms with Gasteiger partial charge < -0.3 is 20.8 Å². The highest BCUT2D eigenvalue weighted by atomic mass is 16.4. The maximum atomic E-state index is 11.1. The van der Waals surface area contributed by atoms with Crippen LogP contribution >= 0.6 is 0 Å². The molecule has 2 rings (SSSR count). The van der Waals surface area contributed by atoms with Gasteiger partial charge in [0.1, 0.15) is 0 Å². The molecule has 4 N–H and O–H groups in total. The molecule has 6 nitrogen and oxygen atoms in total.